The molecule has 1 fully saturated rings. The molecule has 4 aliphatic heterocycles. The second-order valence-corrected chi connectivity index (χ2v) is 11.1. The number of ether oxygens (including phenoxy) is 8. The maximum atomic E-state index is 13.7. The fourth-order valence-electron chi connectivity index (χ4n) is 6.68. The van der Waals surface area contributed by atoms with Crippen LogP contribution in [-0.4, -0.2) is 74.1 Å². The normalized spacial score (nSPS) is 31.7. The zero-order chi connectivity index (χ0) is 31.6. The molecule has 1 spiro atoms. The van der Waals surface area contributed by atoms with Crippen LogP contribution in [-0.2, 0) is 43.5 Å². The molecular weight excluding hydrogens is 580 g/mol. The zero-order valence-corrected chi connectivity index (χ0v) is 24.5. The first-order valence-corrected chi connectivity index (χ1v) is 13.8. The van der Waals surface area contributed by atoms with Gasteiger partial charge in [-0.3, -0.25) is 4.79 Å². The van der Waals surface area contributed by atoms with E-state index in [0.717, 1.165) is 27.2 Å². The van der Waals surface area contributed by atoms with Crippen molar-refractivity contribution in [2.45, 2.75) is 49.8 Å². The molecule has 4 heterocycles. The predicted molar refractivity (Wildman–Crippen MR) is 146 cm³/mol. The monoisotopic (exact) mass is 610 g/mol. The van der Waals surface area contributed by atoms with Crippen LogP contribution in [0.25, 0.3) is 0 Å². The van der Waals surface area contributed by atoms with Crippen LogP contribution in [0.15, 0.2) is 48.0 Å². The van der Waals surface area contributed by atoms with Crippen molar-refractivity contribution < 1.29 is 62.2 Å². The highest BCUT2D eigenvalue weighted by Crippen LogP contribution is 2.67. The lowest BCUT2D eigenvalue weighted by atomic mass is 9.56. The minimum Gasteiger partial charge on any atom is -0.488 e. The Labute approximate surface area is 251 Å². The molecule has 2 aromatic carbocycles. The number of carbonyl (C=O) groups excluding carboxylic acids is 4. The molecule has 232 valence electrons. The van der Waals surface area contributed by atoms with Crippen LogP contribution < -0.4 is 14.2 Å². The van der Waals surface area contributed by atoms with Crippen LogP contribution in [0.4, 0.5) is 0 Å². The first kappa shape index (κ1) is 29.5. The number of hydrogen-bond donors (Lipinski definition) is 1. The van der Waals surface area contributed by atoms with Crippen molar-refractivity contribution in [2.24, 2.45) is 5.92 Å². The Bertz CT molecular complexity index is 1600. The summed E-state index contributed by atoms with van der Waals surface area (Å²) in [5, 5.41) is 12.5. The molecule has 1 N–H and O–H groups in total. The van der Waals surface area contributed by atoms with Crippen LogP contribution in [0, 0.1) is 5.92 Å². The van der Waals surface area contributed by atoms with Gasteiger partial charge in [0.05, 0.1) is 19.8 Å². The van der Waals surface area contributed by atoms with E-state index >= 15 is 0 Å². The first-order chi connectivity index (χ1) is 20.9. The Kier molecular flexibility index (Phi) is 6.85. The van der Waals surface area contributed by atoms with Gasteiger partial charge in [0.1, 0.15) is 23.7 Å². The minimum absolute atomic E-state index is 0.0525. The molecule has 0 radical (unpaired) electrons. The molecule has 0 aromatic heterocycles. The number of benzene rings is 2. The first-order valence-electron chi connectivity index (χ1n) is 13.8. The van der Waals surface area contributed by atoms with Gasteiger partial charge in [-0.2, -0.15) is 0 Å². The number of hydrogen-bond acceptors (Lipinski definition) is 13. The minimum atomic E-state index is -2.86. The molecule has 44 heavy (non-hydrogen) atoms. The topological polar surface area (TPSA) is 162 Å². The van der Waals surface area contributed by atoms with E-state index in [1.807, 2.05) is 0 Å². The van der Waals surface area contributed by atoms with E-state index < -0.39 is 65.4 Å². The van der Waals surface area contributed by atoms with Crippen molar-refractivity contribution in [3.8, 4) is 17.2 Å². The van der Waals surface area contributed by atoms with Crippen molar-refractivity contribution in [1.29, 1.82) is 0 Å². The maximum absolute atomic E-state index is 13.7. The smallest absolute Gasteiger partial charge is 0.367 e. The van der Waals surface area contributed by atoms with Crippen molar-refractivity contribution in [3.63, 3.8) is 0 Å². The summed E-state index contributed by atoms with van der Waals surface area (Å²) >= 11 is 0. The molecule has 0 amide bonds. The van der Waals surface area contributed by atoms with Gasteiger partial charge in [0.2, 0.25) is 12.5 Å². The lowest BCUT2D eigenvalue weighted by molar-refractivity contribution is -0.338. The molecule has 6 atom stereocenters. The van der Waals surface area contributed by atoms with Crippen molar-refractivity contribution in [3.05, 3.63) is 64.7 Å². The SMILES string of the molecule is COC(=O)/C=C1\[C@H](OC(C)=O)[C@@]2(C)O[C@@](O)(C(=O)OC)[C@@]13COc1c4c(cc(c13)[C@H](OC(=O)c1ccccc1)[C@@H]2C)OCO4. The largest absolute Gasteiger partial charge is 0.488 e. The van der Waals surface area contributed by atoms with Gasteiger partial charge in [-0.1, -0.05) is 25.1 Å². The van der Waals surface area contributed by atoms with Crippen LogP contribution in [0.5, 0.6) is 17.2 Å². The Hall–Kier alpha value is -4.62. The highest BCUT2D eigenvalue weighted by molar-refractivity contribution is 5.91. The molecular formula is C31H30O13. The molecule has 7 rings (SSSR count). The third-order valence-corrected chi connectivity index (χ3v) is 8.88. The molecule has 1 saturated heterocycles. The Morgan fingerprint density at radius 3 is 2.39 bits per heavy atom. The van der Waals surface area contributed by atoms with E-state index in [9.17, 15) is 24.3 Å². The van der Waals surface area contributed by atoms with E-state index in [1.54, 1.807) is 43.3 Å². The fourth-order valence-corrected chi connectivity index (χ4v) is 6.68. The third-order valence-electron chi connectivity index (χ3n) is 8.88. The fraction of sp³-hybridized carbons (Fsp3) is 0.419. The second-order valence-electron chi connectivity index (χ2n) is 11.1. The number of carbonyl (C=O) groups is 4. The van der Waals surface area contributed by atoms with Crippen molar-refractivity contribution >= 4 is 23.9 Å². The van der Waals surface area contributed by atoms with Gasteiger partial charge in [0.15, 0.2) is 17.6 Å². The molecule has 0 unspecified atom stereocenters. The summed E-state index contributed by atoms with van der Waals surface area (Å²) in [7, 11) is 2.21. The summed E-state index contributed by atoms with van der Waals surface area (Å²) in [6, 6.07) is 9.87. The van der Waals surface area contributed by atoms with E-state index in [2.05, 4.69) is 0 Å². The Balaban J connectivity index is 1.73. The highest BCUT2D eigenvalue weighted by atomic mass is 16.7. The van der Waals surface area contributed by atoms with Crippen LogP contribution >= 0.6 is 0 Å². The summed E-state index contributed by atoms with van der Waals surface area (Å²) < 4.78 is 46.0. The lowest BCUT2D eigenvalue weighted by Gasteiger charge is -2.59. The van der Waals surface area contributed by atoms with E-state index in [-0.39, 0.29) is 46.3 Å². The molecule has 13 heteroatoms. The Morgan fingerprint density at radius 2 is 1.73 bits per heavy atom. The molecule has 2 bridgehead atoms. The third kappa shape index (κ3) is 3.92. The van der Waals surface area contributed by atoms with Gasteiger partial charge >= 0.3 is 23.9 Å². The van der Waals surface area contributed by atoms with Gasteiger partial charge in [-0.15, -0.1) is 0 Å². The number of aliphatic hydroxyl groups is 1. The summed E-state index contributed by atoms with van der Waals surface area (Å²) in [5.74, 6) is -6.89. The number of esters is 4. The van der Waals surface area contributed by atoms with Gasteiger partial charge in [-0.05, 0) is 25.1 Å². The summed E-state index contributed by atoms with van der Waals surface area (Å²) in [5.41, 5.74) is -3.35. The molecule has 2 aromatic rings. The van der Waals surface area contributed by atoms with Gasteiger partial charge in [0.25, 0.3) is 5.79 Å². The van der Waals surface area contributed by atoms with Crippen LogP contribution in [0.2, 0.25) is 0 Å². The van der Waals surface area contributed by atoms with Crippen LogP contribution in [0.3, 0.4) is 0 Å². The molecule has 0 saturated carbocycles. The summed E-state index contributed by atoms with van der Waals surface area (Å²) in [6.07, 6.45) is -1.54. The second kappa shape index (κ2) is 10.2. The summed E-state index contributed by atoms with van der Waals surface area (Å²) in [6.45, 7) is 3.61. The molecule has 1 aliphatic carbocycles. The number of fused-ring (bicyclic) bond motifs is 5. The van der Waals surface area contributed by atoms with E-state index in [4.69, 9.17) is 37.9 Å². The number of methoxy groups -OCH3 is 2. The van der Waals surface area contributed by atoms with Gasteiger partial charge in [0, 0.05) is 35.6 Å². The van der Waals surface area contributed by atoms with Gasteiger partial charge < -0.3 is 43.0 Å². The lowest BCUT2D eigenvalue weighted by Crippen LogP contribution is -2.75. The maximum Gasteiger partial charge on any atom is 0.367 e. The molecule has 13 nitrogen and oxygen atoms in total. The quantitative estimate of drug-likeness (QED) is 0.298. The van der Waals surface area contributed by atoms with Crippen molar-refractivity contribution in [1.82, 2.24) is 0 Å². The molecule has 5 aliphatic rings. The Morgan fingerprint density at radius 1 is 1.00 bits per heavy atom. The van der Waals surface area contributed by atoms with Crippen molar-refractivity contribution in [2.75, 3.05) is 27.6 Å². The highest BCUT2D eigenvalue weighted by Gasteiger charge is 2.77. The summed E-state index contributed by atoms with van der Waals surface area (Å²) in [4.78, 5) is 52.7. The zero-order valence-electron chi connectivity index (χ0n) is 24.5. The van der Waals surface area contributed by atoms with E-state index in [1.165, 1.54) is 6.92 Å². The standard InChI is InChI=1S/C31H30O13/c1-15-23(43-27(34)17-9-7-6-8-10-17)18-11-20-24(41-14-40-20)25-22(18)30(13-39-25)19(12-21(33)37-4)26(42-16(2)32)29(15,3)44-31(30,36)28(35)38-5/h6-12,15,23,26,36H,13-14H2,1-5H3/b19-12+/t15-,23+,26-,29-,30-,31-/m0/s1. The number of rotatable bonds is 5. The average molecular weight is 611 g/mol. The average Bonchev–Trinajstić information content (AvgIpc) is 3.65. The predicted octanol–water partition coefficient (Wildman–Crippen LogP) is 2.27. The van der Waals surface area contributed by atoms with E-state index in [0.29, 0.717) is 0 Å². The van der Waals surface area contributed by atoms with Crippen LogP contribution in [0.1, 0.15) is 48.4 Å². The van der Waals surface area contributed by atoms with Gasteiger partial charge in [-0.25, -0.2) is 14.4 Å².